The van der Waals surface area contributed by atoms with Gasteiger partial charge in [0.05, 0.1) is 11.1 Å². The zero-order valence-electron chi connectivity index (χ0n) is 17.1. The molecule has 0 bridgehead atoms. The molecule has 6 nitrogen and oxygen atoms in total. The summed E-state index contributed by atoms with van der Waals surface area (Å²) in [5.74, 6) is 0.613. The van der Waals surface area contributed by atoms with Crippen LogP contribution in [0.4, 0.5) is 10.5 Å². The maximum Gasteiger partial charge on any atom is 0.555 e. The van der Waals surface area contributed by atoms with Crippen LogP contribution in [0.1, 0.15) is 52.4 Å². The average molecular weight is 444 g/mol. The number of thiophene rings is 1. The summed E-state index contributed by atoms with van der Waals surface area (Å²) in [5, 5.41) is 9.40. The van der Waals surface area contributed by atoms with Crippen molar-refractivity contribution in [2.45, 2.75) is 55.2 Å². The van der Waals surface area contributed by atoms with Gasteiger partial charge in [0, 0.05) is 22.0 Å². The first-order valence-corrected chi connectivity index (χ1v) is 12.9. The van der Waals surface area contributed by atoms with E-state index in [9.17, 15) is 9.00 Å². The second kappa shape index (κ2) is 7.37. The molecule has 1 aromatic heterocycles. The highest BCUT2D eigenvalue weighted by Gasteiger charge is 2.35. The molecule has 8 heteroatoms. The van der Waals surface area contributed by atoms with Gasteiger partial charge in [0.1, 0.15) is 9.90 Å². The number of nitrogens with zero attached hydrogens (tertiary/aromatic N) is 2. The fourth-order valence-electron chi connectivity index (χ4n) is 4.74. The summed E-state index contributed by atoms with van der Waals surface area (Å²) < 4.78 is 18.9. The summed E-state index contributed by atoms with van der Waals surface area (Å²) in [5.41, 5.74) is 5.83. The van der Waals surface area contributed by atoms with Crippen molar-refractivity contribution in [2.24, 2.45) is 15.4 Å². The Kier molecular flexibility index (Phi) is 4.93. The third-order valence-corrected chi connectivity index (χ3v) is 9.60. The minimum Gasteiger partial charge on any atom is -0.312 e. The van der Waals surface area contributed by atoms with E-state index in [2.05, 4.69) is 22.5 Å². The quantitative estimate of drug-likeness (QED) is 0.543. The molecule has 0 saturated heterocycles. The van der Waals surface area contributed by atoms with E-state index in [4.69, 9.17) is 5.14 Å². The Labute approximate surface area is 181 Å². The van der Waals surface area contributed by atoms with Crippen molar-refractivity contribution in [3.05, 3.63) is 45.3 Å². The van der Waals surface area contributed by atoms with E-state index < -0.39 is 15.9 Å². The van der Waals surface area contributed by atoms with E-state index in [0.29, 0.717) is 10.1 Å². The van der Waals surface area contributed by atoms with Gasteiger partial charge in [-0.05, 0) is 81.2 Å². The maximum atomic E-state index is 13.2. The molecule has 30 heavy (non-hydrogen) atoms. The molecule has 3 aliphatic carbocycles. The Bertz CT molecular complexity index is 1190. The fraction of sp³-hybridized carbons (Fsp3) is 0.455. The number of rotatable bonds is 5. The predicted octanol–water partition coefficient (Wildman–Crippen LogP) is 3.87. The average Bonchev–Trinajstić information content (AvgIpc) is 3.20. The van der Waals surface area contributed by atoms with Crippen LogP contribution in [0.3, 0.4) is 0 Å². The Morgan fingerprint density at radius 3 is 2.67 bits per heavy atom. The highest BCUT2D eigenvalue weighted by Crippen LogP contribution is 2.43. The van der Waals surface area contributed by atoms with E-state index in [1.807, 2.05) is 13.1 Å². The molecule has 1 heterocycles. The summed E-state index contributed by atoms with van der Waals surface area (Å²) in [7, 11) is -1.39. The van der Waals surface area contributed by atoms with Gasteiger partial charge in [-0.15, -0.1) is 11.3 Å². The summed E-state index contributed by atoms with van der Waals surface area (Å²) in [4.78, 5) is 14.1. The van der Waals surface area contributed by atoms with E-state index in [-0.39, 0.29) is 6.04 Å². The van der Waals surface area contributed by atoms with Gasteiger partial charge in [-0.3, -0.25) is 0 Å². The number of fused-ring (bicyclic) bond motifs is 2. The molecule has 1 fully saturated rings. The SMILES string of the molecule is C=[N+](C(=O)N=S(N)(=O)c1ccc([C@@H](NC)C2CC2)s1)c1c2c(cc3c1CC3)CCC2. The molecular formula is C22H27N4O2S2+. The second-order valence-corrected chi connectivity index (χ2v) is 11.6. The largest absolute Gasteiger partial charge is 0.555 e. The molecule has 5 rings (SSSR count). The molecule has 0 radical (unpaired) electrons. The van der Waals surface area contributed by atoms with Crippen LogP contribution in [0.5, 0.6) is 0 Å². The summed E-state index contributed by atoms with van der Waals surface area (Å²) in [6, 6.07) is 5.56. The van der Waals surface area contributed by atoms with Gasteiger partial charge in [0.25, 0.3) is 0 Å². The lowest BCUT2D eigenvalue weighted by Crippen LogP contribution is -2.22. The summed E-state index contributed by atoms with van der Waals surface area (Å²) in [6.07, 6.45) is 7.43. The lowest BCUT2D eigenvalue weighted by atomic mass is 9.83. The molecular weight excluding hydrogens is 416 g/mol. The molecule has 3 aliphatic rings. The number of hydrogen-bond donors (Lipinski definition) is 2. The number of nitrogens with two attached hydrogens (primary N) is 1. The zero-order valence-corrected chi connectivity index (χ0v) is 18.8. The van der Waals surface area contributed by atoms with Gasteiger partial charge < -0.3 is 5.32 Å². The third-order valence-electron chi connectivity index (χ3n) is 6.53. The van der Waals surface area contributed by atoms with Gasteiger partial charge in [0.2, 0.25) is 9.92 Å². The number of benzene rings is 1. The van der Waals surface area contributed by atoms with Gasteiger partial charge in [-0.2, -0.15) is 9.37 Å². The van der Waals surface area contributed by atoms with Crippen LogP contribution in [0.15, 0.2) is 26.8 Å². The first kappa shape index (κ1) is 20.1. The minimum absolute atomic E-state index is 0.240. The Morgan fingerprint density at radius 1 is 1.27 bits per heavy atom. The van der Waals surface area contributed by atoms with Crippen molar-refractivity contribution in [2.75, 3.05) is 7.05 Å². The van der Waals surface area contributed by atoms with E-state index in [1.54, 1.807) is 6.07 Å². The van der Waals surface area contributed by atoms with E-state index in [0.717, 1.165) is 42.7 Å². The molecule has 0 aliphatic heterocycles. The van der Waals surface area contributed by atoms with Crippen molar-refractivity contribution < 1.29 is 13.6 Å². The summed E-state index contributed by atoms with van der Waals surface area (Å²) in [6.45, 7) is 3.98. The van der Waals surface area contributed by atoms with Crippen molar-refractivity contribution in [1.82, 2.24) is 5.32 Å². The molecule has 1 saturated carbocycles. The topological polar surface area (TPSA) is 87.6 Å². The summed E-state index contributed by atoms with van der Waals surface area (Å²) >= 11 is 1.38. The normalized spacial score (nSPS) is 19.9. The lowest BCUT2D eigenvalue weighted by molar-refractivity contribution is -0.320. The standard InChI is InChI=1S/C22H26N4O2S2/c1-24-20(13-6-7-13)18-10-11-19(29-18)30(23,28)25-22(27)26(2)21-16-5-3-4-14(16)12-15-8-9-17(15)21/h10-13,20,24H,2-9H2,1H3,(H-,23,25,27,28)/p+1/t20-,30?/m0/s1. The molecule has 3 N–H and O–H groups in total. The third kappa shape index (κ3) is 3.36. The lowest BCUT2D eigenvalue weighted by Gasteiger charge is -2.23. The Morgan fingerprint density at radius 2 is 2.00 bits per heavy atom. The highest BCUT2D eigenvalue weighted by atomic mass is 32.2. The number of aryl methyl sites for hydroxylation is 2. The highest BCUT2D eigenvalue weighted by molar-refractivity contribution is 7.93. The van der Waals surface area contributed by atoms with Crippen LogP contribution >= 0.6 is 11.3 Å². The number of hydrogen-bond acceptors (Lipinski definition) is 4. The zero-order chi connectivity index (χ0) is 21.0. The van der Waals surface area contributed by atoms with Crippen LogP contribution in [0.25, 0.3) is 0 Å². The molecule has 1 aromatic carbocycles. The number of urea groups is 1. The Balaban J connectivity index is 1.45. The number of carbonyl (C=O) groups is 1. The molecule has 2 amide bonds. The molecule has 0 spiro atoms. The van der Waals surface area contributed by atoms with E-state index in [1.165, 1.54) is 51.0 Å². The van der Waals surface area contributed by atoms with Gasteiger partial charge in [-0.25, -0.2) is 9.35 Å². The van der Waals surface area contributed by atoms with Crippen molar-refractivity contribution in [3.8, 4) is 0 Å². The Hall–Kier alpha value is -1.87. The fourth-order valence-corrected chi connectivity index (χ4v) is 7.25. The van der Waals surface area contributed by atoms with Gasteiger partial charge >= 0.3 is 6.03 Å². The predicted molar refractivity (Wildman–Crippen MR) is 120 cm³/mol. The monoisotopic (exact) mass is 443 g/mol. The minimum atomic E-state index is -3.32. The van der Waals surface area contributed by atoms with Crippen LogP contribution in [-0.4, -0.2) is 28.6 Å². The van der Waals surface area contributed by atoms with Gasteiger partial charge in [0.15, 0.2) is 0 Å². The molecule has 2 aromatic rings. The second-order valence-electron chi connectivity index (χ2n) is 8.49. The van der Waals surface area contributed by atoms with Crippen molar-refractivity contribution in [3.63, 3.8) is 0 Å². The van der Waals surface area contributed by atoms with Crippen molar-refractivity contribution in [1.29, 1.82) is 0 Å². The molecule has 1 unspecified atom stereocenters. The number of nitrogens with one attached hydrogen (secondary N) is 1. The van der Waals surface area contributed by atoms with E-state index >= 15 is 0 Å². The first-order valence-electron chi connectivity index (χ1n) is 10.5. The smallest absolute Gasteiger partial charge is 0.312 e. The van der Waals surface area contributed by atoms with Crippen LogP contribution in [0, 0.1) is 5.92 Å². The molecule has 158 valence electrons. The first-order chi connectivity index (χ1) is 14.4. The maximum absolute atomic E-state index is 13.2. The number of amides is 2. The van der Waals surface area contributed by atoms with Crippen molar-refractivity contribution >= 4 is 39.7 Å². The number of carbonyl (C=O) groups excluding carboxylic acids is 1. The van der Waals surface area contributed by atoms with Crippen LogP contribution in [-0.2, 0) is 35.6 Å². The van der Waals surface area contributed by atoms with Gasteiger partial charge in [-0.1, -0.05) is 6.07 Å². The molecule has 2 atom stereocenters. The van der Waals surface area contributed by atoms with Crippen LogP contribution < -0.4 is 10.5 Å². The van der Waals surface area contributed by atoms with Crippen LogP contribution in [0.2, 0.25) is 0 Å².